The van der Waals surface area contributed by atoms with Crippen molar-refractivity contribution in [1.82, 2.24) is 19.5 Å². The molecular weight excluding hydrogens is 612 g/mol. The fourth-order valence-electron chi connectivity index (χ4n) is 5.04. The van der Waals surface area contributed by atoms with Crippen LogP contribution in [-0.4, -0.2) is 38.4 Å². The zero-order valence-electron chi connectivity index (χ0n) is 23.4. The molecule has 1 atom stereocenters. The molecule has 3 aromatic carbocycles. The molecule has 1 saturated carbocycles. The predicted molar refractivity (Wildman–Crippen MR) is 163 cm³/mol. The number of benzene rings is 3. The Labute approximate surface area is 257 Å². The average Bonchev–Trinajstić information content (AvgIpc) is 3.55. The average molecular weight is 640 g/mol. The Balaban J connectivity index is 0.00000384. The summed E-state index contributed by atoms with van der Waals surface area (Å²) in [7, 11) is 0.0299. The van der Waals surface area contributed by atoms with E-state index in [1.54, 1.807) is 42.1 Å². The Bertz CT molecular complexity index is 1890. The minimum atomic E-state index is -1.59. The van der Waals surface area contributed by atoms with Crippen molar-refractivity contribution in [2.45, 2.75) is 30.6 Å². The molecule has 0 amide bonds. The smallest absolute Gasteiger partial charge is 0.355 e. The first-order valence-electron chi connectivity index (χ1n) is 13.5. The van der Waals surface area contributed by atoms with Crippen LogP contribution in [0.2, 0.25) is 0 Å². The number of aromatic nitrogens is 3. The van der Waals surface area contributed by atoms with E-state index in [1.807, 2.05) is 0 Å². The van der Waals surface area contributed by atoms with Gasteiger partial charge >= 0.3 is 5.97 Å². The zero-order chi connectivity index (χ0) is 30.2. The second-order valence-corrected chi connectivity index (χ2v) is 12.8. The van der Waals surface area contributed by atoms with Gasteiger partial charge in [-0.05, 0) is 78.8 Å². The monoisotopic (exact) mass is 639 g/mol. The number of rotatable bonds is 10. The van der Waals surface area contributed by atoms with Gasteiger partial charge in [-0.1, -0.05) is 18.2 Å². The Morgan fingerprint density at radius 1 is 1.09 bits per heavy atom. The van der Waals surface area contributed by atoms with Gasteiger partial charge in [-0.3, -0.25) is 0 Å². The Kier molecular flexibility index (Phi) is 9.11. The first-order valence-corrected chi connectivity index (χ1v) is 15.8. The fourth-order valence-corrected chi connectivity index (χ4v) is 6.56. The molecule has 4 N–H and O–H groups in total. The van der Waals surface area contributed by atoms with E-state index in [0.717, 1.165) is 35.4 Å². The van der Waals surface area contributed by atoms with Crippen molar-refractivity contribution in [2.24, 2.45) is 5.92 Å². The van der Waals surface area contributed by atoms with E-state index < -0.39 is 34.3 Å². The minimum absolute atomic E-state index is 0. The Morgan fingerprint density at radius 2 is 1.89 bits per heavy atom. The summed E-state index contributed by atoms with van der Waals surface area (Å²) in [5, 5.41) is 16.2. The van der Waals surface area contributed by atoms with Crippen molar-refractivity contribution in [2.75, 3.05) is 7.05 Å². The molecule has 1 fully saturated rings. The van der Waals surface area contributed by atoms with E-state index in [9.17, 15) is 14.3 Å². The summed E-state index contributed by atoms with van der Waals surface area (Å²) in [6.45, 7) is 0. The maximum atomic E-state index is 15.1. The van der Waals surface area contributed by atoms with Crippen LogP contribution in [0.25, 0.3) is 27.5 Å². The number of carbonyl (C=O) groups is 1. The van der Waals surface area contributed by atoms with Gasteiger partial charge in [-0.15, -0.1) is 16.1 Å². The maximum Gasteiger partial charge on any atom is 0.355 e. The molecule has 0 saturated heterocycles. The number of carboxylic acid groups (broad SMARTS) is 1. The van der Waals surface area contributed by atoms with Gasteiger partial charge in [0.25, 0.3) is 0 Å². The number of hydrogen-bond donors (Lipinski definition) is 3. The Hall–Kier alpha value is -4.17. The minimum Gasteiger partial charge on any atom is -0.870 e. The first-order chi connectivity index (χ1) is 20.7. The van der Waals surface area contributed by atoms with Gasteiger partial charge in [-0.25, -0.2) is 27.6 Å². The summed E-state index contributed by atoms with van der Waals surface area (Å²) in [6.07, 6.45) is 3.02. The molecule has 1 aliphatic rings. The molecule has 2 heterocycles. The van der Waals surface area contributed by atoms with Gasteiger partial charge in [-0.2, -0.15) is 9.82 Å². The van der Waals surface area contributed by atoms with Crippen LogP contribution in [-0.2, 0) is 23.7 Å². The molecule has 6 rings (SSSR count). The third kappa shape index (κ3) is 6.36. The van der Waals surface area contributed by atoms with Crippen LogP contribution >= 0.6 is 11.3 Å². The highest BCUT2D eigenvalue weighted by molar-refractivity contribution is 7.84. The molecule has 0 radical (unpaired) electrons. The van der Waals surface area contributed by atoms with Crippen molar-refractivity contribution >= 4 is 28.2 Å². The SMILES string of the molecule is CN[SH+](=N)c1ccc(Cc2c(-c3ccc(F)c(-c4cccc(F)c4)c3)nn(-c3nc(C(=O)O)cs3)c2CC2CC2)cc1F.[OH-]. The van der Waals surface area contributed by atoms with Gasteiger partial charge in [0, 0.05) is 35.5 Å². The molecule has 0 bridgehead atoms. The number of thiazole rings is 1. The molecular formula is C31H28F3N5O3S2. The van der Waals surface area contributed by atoms with Gasteiger partial charge in [0.2, 0.25) is 5.13 Å². The van der Waals surface area contributed by atoms with Crippen molar-refractivity contribution < 1.29 is 28.5 Å². The van der Waals surface area contributed by atoms with Crippen molar-refractivity contribution in [3.63, 3.8) is 0 Å². The summed E-state index contributed by atoms with van der Waals surface area (Å²) >= 11 is 1.15. The molecule has 0 spiro atoms. The normalized spacial score (nSPS) is 13.5. The fraction of sp³-hybridized carbons (Fsp3) is 0.194. The van der Waals surface area contributed by atoms with E-state index in [-0.39, 0.29) is 28.0 Å². The van der Waals surface area contributed by atoms with Crippen LogP contribution in [0.1, 0.15) is 40.2 Å². The van der Waals surface area contributed by atoms with E-state index in [1.165, 1.54) is 35.7 Å². The van der Waals surface area contributed by atoms with Crippen molar-refractivity contribution in [3.05, 3.63) is 106 Å². The topological polar surface area (TPSA) is 134 Å². The molecule has 5 aromatic rings. The maximum absolute atomic E-state index is 15.1. The van der Waals surface area contributed by atoms with E-state index in [2.05, 4.69) is 9.71 Å². The lowest BCUT2D eigenvalue weighted by Gasteiger charge is -2.10. The third-order valence-corrected chi connectivity index (χ3v) is 9.50. The lowest BCUT2D eigenvalue weighted by atomic mass is 9.95. The van der Waals surface area contributed by atoms with Crippen LogP contribution in [0.4, 0.5) is 13.2 Å². The van der Waals surface area contributed by atoms with E-state index in [4.69, 9.17) is 9.88 Å². The number of carboxylic acids is 1. The summed E-state index contributed by atoms with van der Waals surface area (Å²) in [5.74, 6) is -2.22. The lowest BCUT2D eigenvalue weighted by Crippen LogP contribution is -2.11. The summed E-state index contributed by atoms with van der Waals surface area (Å²) in [6, 6.07) is 15.1. The van der Waals surface area contributed by atoms with Crippen LogP contribution in [0, 0.1) is 28.1 Å². The van der Waals surface area contributed by atoms with Gasteiger partial charge in [0.05, 0.1) is 22.3 Å². The van der Waals surface area contributed by atoms with E-state index in [0.29, 0.717) is 39.9 Å². The third-order valence-electron chi connectivity index (χ3n) is 7.39. The number of halogens is 3. The summed E-state index contributed by atoms with van der Waals surface area (Å²) in [4.78, 5) is 16.2. The van der Waals surface area contributed by atoms with Crippen LogP contribution in [0.5, 0.6) is 0 Å². The highest BCUT2D eigenvalue weighted by Crippen LogP contribution is 2.39. The molecule has 8 nitrogen and oxygen atoms in total. The second-order valence-electron chi connectivity index (χ2n) is 10.4. The molecule has 1 unspecified atom stereocenters. The number of aromatic carboxylic acids is 1. The van der Waals surface area contributed by atoms with Gasteiger partial charge < -0.3 is 10.6 Å². The number of hydrogen-bond acceptors (Lipinski definition) is 6. The molecule has 44 heavy (non-hydrogen) atoms. The molecule has 228 valence electrons. The molecule has 2 aromatic heterocycles. The van der Waals surface area contributed by atoms with Crippen molar-refractivity contribution in [3.8, 4) is 27.5 Å². The predicted octanol–water partition coefficient (Wildman–Crippen LogP) is 6.75. The number of nitrogens with zero attached hydrogens (tertiary/aromatic N) is 3. The number of thiol groups is 1. The van der Waals surface area contributed by atoms with Crippen LogP contribution in [0.3, 0.4) is 0 Å². The largest absolute Gasteiger partial charge is 0.870 e. The molecule has 13 heteroatoms. The highest BCUT2D eigenvalue weighted by Gasteiger charge is 2.30. The van der Waals surface area contributed by atoms with Gasteiger partial charge in [0.15, 0.2) is 16.4 Å². The lowest BCUT2D eigenvalue weighted by molar-refractivity contribution is 0.0691. The first kappa shape index (κ1) is 31.3. The Morgan fingerprint density at radius 3 is 2.55 bits per heavy atom. The van der Waals surface area contributed by atoms with Gasteiger partial charge in [0.1, 0.15) is 11.6 Å². The summed E-state index contributed by atoms with van der Waals surface area (Å²) in [5.41, 5.74) is 3.84. The second kappa shape index (κ2) is 12.8. The van der Waals surface area contributed by atoms with Crippen LogP contribution in [0.15, 0.2) is 70.9 Å². The van der Waals surface area contributed by atoms with E-state index >= 15 is 8.78 Å². The van der Waals surface area contributed by atoms with Crippen molar-refractivity contribution in [1.29, 1.82) is 4.78 Å². The zero-order valence-corrected chi connectivity index (χ0v) is 25.1. The summed E-state index contributed by atoms with van der Waals surface area (Å²) < 4.78 is 56.8. The molecule has 0 aliphatic heterocycles. The standard InChI is InChI=1S/C31H26F3N5O2S2.H2O/c1-36-43(35)28-10-7-18(12-25(28)34)11-23-27(13-17-5-6-17)39(31-37-26(16-42-31)30(40)41)38-29(23)20-8-9-24(33)22(15-20)19-3-2-4-21(32)14-19;/h2-4,7-10,12,14-17H,5-6,11,13H2,1H3,(H2,35,36)(H,40,41);1H2. The quantitative estimate of drug-likeness (QED) is 0.114. The number of nitrogens with one attached hydrogen (secondary N) is 2. The van der Waals surface area contributed by atoms with Crippen LogP contribution < -0.4 is 4.72 Å². The highest BCUT2D eigenvalue weighted by atomic mass is 32.2. The molecule has 1 aliphatic carbocycles.